The third-order valence-corrected chi connectivity index (χ3v) is 6.36. The Bertz CT molecular complexity index is 902. The van der Waals surface area contributed by atoms with Crippen molar-refractivity contribution < 1.29 is 13.2 Å². The number of hydrogen-bond donors (Lipinski definition) is 1. The Morgan fingerprint density at radius 3 is 2.26 bits per heavy atom. The average molecular weight is 389 g/mol. The van der Waals surface area contributed by atoms with Gasteiger partial charge in [-0.2, -0.15) is 0 Å². The number of rotatable bonds is 7. The monoisotopic (exact) mass is 388 g/mol. The van der Waals surface area contributed by atoms with Gasteiger partial charge < -0.3 is 5.32 Å². The minimum absolute atomic E-state index is 0.0452. The number of anilines is 1. The fourth-order valence-corrected chi connectivity index (χ4v) is 3.74. The van der Waals surface area contributed by atoms with Gasteiger partial charge in [-0.3, -0.25) is 4.79 Å². The number of carbonyl (C=O) groups excluding carboxylic acids is 1. The first-order valence-corrected chi connectivity index (χ1v) is 10.5. The second-order valence-electron chi connectivity index (χ2n) is 7.17. The minimum Gasteiger partial charge on any atom is -0.326 e. The molecule has 2 aromatic rings. The Hall–Kier alpha value is -2.18. The molecule has 0 aliphatic heterocycles. The summed E-state index contributed by atoms with van der Waals surface area (Å²) in [6, 6.07) is 12.7. The number of sulfonamides is 1. The van der Waals surface area contributed by atoms with Crippen LogP contribution in [0.4, 0.5) is 5.69 Å². The lowest BCUT2D eigenvalue weighted by atomic mass is 9.98. The predicted octanol–water partition coefficient (Wildman–Crippen LogP) is 3.94. The fraction of sp³-hybridized carbons (Fsp3) is 0.381. The van der Waals surface area contributed by atoms with Gasteiger partial charge >= 0.3 is 0 Å². The van der Waals surface area contributed by atoms with Crippen LogP contribution in [0.2, 0.25) is 0 Å². The average Bonchev–Trinajstić information content (AvgIpc) is 2.61. The van der Waals surface area contributed by atoms with Crippen LogP contribution in [0.15, 0.2) is 47.4 Å². The normalized spacial score (nSPS) is 11.8. The molecular weight excluding hydrogens is 360 g/mol. The Balaban J connectivity index is 2.03. The Labute approximate surface area is 162 Å². The van der Waals surface area contributed by atoms with Crippen LogP contribution in [-0.4, -0.2) is 32.7 Å². The molecule has 0 radical (unpaired) electrons. The zero-order valence-corrected chi connectivity index (χ0v) is 17.4. The number of nitrogens with one attached hydrogen (secondary N) is 1. The lowest BCUT2D eigenvalue weighted by Crippen LogP contribution is -2.22. The number of carbonyl (C=O) groups is 1. The number of benzene rings is 2. The Morgan fingerprint density at radius 1 is 1.07 bits per heavy atom. The van der Waals surface area contributed by atoms with Crippen LogP contribution < -0.4 is 5.32 Å². The number of para-hydroxylation sites is 1. The number of hydrogen-bond acceptors (Lipinski definition) is 3. The van der Waals surface area contributed by atoms with E-state index < -0.39 is 10.0 Å². The lowest BCUT2D eigenvalue weighted by Gasteiger charge is -2.16. The van der Waals surface area contributed by atoms with Crippen LogP contribution in [-0.2, 0) is 21.2 Å². The van der Waals surface area contributed by atoms with Crippen molar-refractivity contribution in [1.82, 2.24) is 4.31 Å². The predicted molar refractivity (Wildman–Crippen MR) is 110 cm³/mol. The first-order valence-electron chi connectivity index (χ1n) is 9.03. The first-order chi connectivity index (χ1) is 12.6. The molecule has 1 amide bonds. The fourth-order valence-electron chi connectivity index (χ4n) is 2.84. The summed E-state index contributed by atoms with van der Waals surface area (Å²) < 4.78 is 25.4. The van der Waals surface area contributed by atoms with E-state index in [0.717, 1.165) is 22.4 Å². The summed E-state index contributed by atoms with van der Waals surface area (Å²) in [5.41, 5.74) is 4.00. The second-order valence-corrected chi connectivity index (χ2v) is 9.33. The van der Waals surface area contributed by atoms with E-state index in [1.807, 2.05) is 25.1 Å². The van der Waals surface area contributed by atoms with Gasteiger partial charge in [-0.15, -0.1) is 0 Å². The van der Waals surface area contributed by atoms with Gasteiger partial charge in [0.1, 0.15) is 0 Å². The lowest BCUT2D eigenvalue weighted by molar-refractivity contribution is -0.116. The van der Waals surface area contributed by atoms with Gasteiger partial charge in [0.25, 0.3) is 0 Å². The first kappa shape index (κ1) is 21.1. The van der Waals surface area contributed by atoms with E-state index in [4.69, 9.17) is 0 Å². The smallest absolute Gasteiger partial charge is 0.242 e. The summed E-state index contributed by atoms with van der Waals surface area (Å²) in [6.07, 6.45) is 0.892. The van der Waals surface area contributed by atoms with Gasteiger partial charge in [-0.05, 0) is 48.1 Å². The van der Waals surface area contributed by atoms with E-state index in [1.165, 1.54) is 18.4 Å². The van der Waals surface area contributed by atoms with Gasteiger partial charge in [0.05, 0.1) is 4.90 Å². The van der Waals surface area contributed by atoms with Crippen LogP contribution in [0.5, 0.6) is 0 Å². The topological polar surface area (TPSA) is 66.5 Å². The van der Waals surface area contributed by atoms with E-state index in [9.17, 15) is 13.2 Å². The zero-order chi connectivity index (χ0) is 20.2. The third-order valence-electron chi connectivity index (χ3n) is 4.53. The van der Waals surface area contributed by atoms with Crippen LogP contribution in [0.3, 0.4) is 0 Å². The van der Waals surface area contributed by atoms with E-state index >= 15 is 0 Å². The maximum absolute atomic E-state index is 12.4. The molecule has 0 aliphatic rings. The molecule has 2 aromatic carbocycles. The molecule has 0 saturated heterocycles. The highest BCUT2D eigenvalue weighted by Crippen LogP contribution is 2.27. The quantitative estimate of drug-likeness (QED) is 0.781. The second kappa shape index (κ2) is 8.67. The number of aryl methyl sites for hydroxylation is 2. The van der Waals surface area contributed by atoms with Gasteiger partial charge in [0.2, 0.25) is 15.9 Å². The van der Waals surface area contributed by atoms with Gasteiger partial charge in [-0.1, -0.05) is 44.2 Å². The highest BCUT2D eigenvalue weighted by Gasteiger charge is 2.17. The third kappa shape index (κ3) is 5.17. The van der Waals surface area contributed by atoms with Crippen molar-refractivity contribution in [3.63, 3.8) is 0 Å². The van der Waals surface area contributed by atoms with Crippen molar-refractivity contribution >= 4 is 21.6 Å². The number of amides is 1. The Kier molecular flexibility index (Phi) is 6.78. The molecule has 2 rings (SSSR count). The molecule has 0 saturated carbocycles. The highest BCUT2D eigenvalue weighted by atomic mass is 32.2. The molecule has 0 fully saturated rings. The largest absolute Gasteiger partial charge is 0.326 e. The summed E-state index contributed by atoms with van der Waals surface area (Å²) >= 11 is 0. The van der Waals surface area contributed by atoms with Crippen molar-refractivity contribution in [2.45, 2.75) is 44.4 Å². The van der Waals surface area contributed by atoms with E-state index in [1.54, 1.807) is 24.3 Å². The zero-order valence-electron chi connectivity index (χ0n) is 16.6. The SMILES string of the molecule is Cc1cccc(C(C)C)c1NC(=O)CCc1ccc(S(=O)(=O)N(C)C)cc1. The maximum Gasteiger partial charge on any atom is 0.242 e. The molecule has 146 valence electrons. The molecule has 0 aliphatic carbocycles. The van der Waals surface area contributed by atoms with Crippen molar-refractivity contribution in [2.24, 2.45) is 0 Å². The van der Waals surface area contributed by atoms with Crippen LogP contribution >= 0.6 is 0 Å². The molecule has 5 nitrogen and oxygen atoms in total. The van der Waals surface area contributed by atoms with Crippen LogP contribution in [0.1, 0.15) is 42.9 Å². The molecule has 0 heterocycles. The molecule has 0 aromatic heterocycles. The van der Waals surface area contributed by atoms with Gasteiger partial charge in [0.15, 0.2) is 0 Å². The Morgan fingerprint density at radius 2 is 1.70 bits per heavy atom. The molecule has 0 bridgehead atoms. The molecule has 0 unspecified atom stereocenters. The highest BCUT2D eigenvalue weighted by molar-refractivity contribution is 7.89. The van der Waals surface area contributed by atoms with Crippen molar-refractivity contribution in [3.05, 3.63) is 59.2 Å². The van der Waals surface area contributed by atoms with Crippen molar-refractivity contribution in [1.29, 1.82) is 0 Å². The van der Waals surface area contributed by atoms with E-state index in [0.29, 0.717) is 18.8 Å². The molecule has 0 spiro atoms. The van der Waals surface area contributed by atoms with E-state index in [-0.39, 0.29) is 10.8 Å². The molecule has 1 N–H and O–H groups in total. The molecule has 0 atom stereocenters. The standard InChI is InChI=1S/C21H28N2O3S/c1-15(2)19-8-6-7-16(3)21(19)22-20(24)14-11-17-9-12-18(13-10-17)27(25,26)23(4)5/h6-10,12-13,15H,11,14H2,1-5H3,(H,22,24). The van der Waals surface area contributed by atoms with E-state index in [2.05, 4.69) is 19.2 Å². The summed E-state index contributed by atoms with van der Waals surface area (Å²) in [5.74, 6) is 0.280. The van der Waals surface area contributed by atoms with Crippen LogP contribution in [0, 0.1) is 6.92 Å². The summed E-state index contributed by atoms with van der Waals surface area (Å²) in [5, 5.41) is 3.04. The molecular formula is C21H28N2O3S. The summed E-state index contributed by atoms with van der Waals surface area (Å²) in [6.45, 7) is 6.20. The van der Waals surface area contributed by atoms with Crippen molar-refractivity contribution in [2.75, 3.05) is 19.4 Å². The molecule has 27 heavy (non-hydrogen) atoms. The van der Waals surface area contributed by atoms with Gasteiger partial charge in [-0.25, -0.2) is 12.7 Å². The maximum atomic E-state index is 12.4. The van der Waals surface area contributed by atoms with Gasteiger partial charge in [0, 0.05) is 26.2 Å². The molecule has 6 heteroatoms. The minimum atomic E-state index is -3.43. The summed E-state index contributed by atoms with van der Waals surface area (Å²) in [7, 11) is -0.420. The summed E-state index contributed by atoms with van der Waals surface area (Å²) in [4.78, 5) is 12.7. The van der Waals surface area contributed by atoms with Crippen LogP contribution in [0.25, 0.3) is 0 Å². The number of nitrogens with zero attached hydrogens (tertiary/aromatic N) is 1. The van der Waals surface area contributed by atoms with Crippen molar-refractivity contribution in [3.8, 4) is 0 Å².